The molecule has 1 aromatic rings. The van der Waals surface area contributed by atoms with Crippen LogP contribution in [0.15, 0.2) is 18.5 Å². The Kier molecular flexibility index (Phi) is 2.23. The Hall–Kier alpha value is -1.38. The van der Waals surface area contributed by atoms with Gasteiger partial charge in [-0.3, -0.25) is 4.79 Å². The summed E-state index contributed by atoms with van der Waals surface area (Å²) < 4.78 is 2.03. The van der Waals surface area contributed by atoms with Crippen molar-refractivity contribution in [2.24, 2.45) is 7.05 Å². The van der Waals surface area contributed by atoms with E-state index in [0.29, 0.717) is 0 Å². The van der Waals surface area contributed by atoms with Crippen LogP contribution < -0.4 is 4.57 Å². The highest BCUT2D eigenvalue weighted by Gasteiger charge is 2.19. The van der Waals surface area contributed by atoms with Crippen molar-refractivity contribution in [3.8, 4) is 0 Å². The number of carbonyl (C=O) groups excluding carboxylic acids is 1. The van der Waals surface area contributed by atoms with Crippen molar-refractivity contribution in [3.05, 3.63) is 29.6 Å². The van der Waals surface area contributed by atoms with Gasteiger partial charge in [0.25, 0.3) is 0 Å². The fourth-order valence-electron chi connectivity index (χ4n) is 1.88. The van der Waals surface area contributed by atoms with Gasteiger partial charge in [-0.05, 0) is 12.0 Å². The van der Waals surface area contributed by atoms with Crippen LogP contribution in [0.25, 0.3) is 0 Å². The van der Waals surface area contributed by atoms with Crippen LogP contribution in [0, 0.1) is 0 Å². The summed E-state index contributed by atoms with van der Waals surface area (Å²) in [6.45, 7) is 3.25. The highest BCUT2D eigenvalue weighted by atomic mass is 16.2. The number of aryl methyl sites for hydroxylation is 1. The van der Waals surface area contributed by atoms with Crippen molar-refractivity contribution in [1.29, 1.82) is 0 Å². The molecule has 0 N–H and O–H groups in total. The lowest BCUT2D eigenvalue weighted by Crippen LogP contribution is -2.37. The normalized spacial score (nSPS) is 15.1. The standard InChI is InChI=1S/C11H15N2O/c1-9(14)13-6-4-10-3-5-12(2)7-11(10)8-13/h3,5,7H,4,6,8H2,1-2H3/q+1. The number of hydrogen-bond acceptors (Lipinski definition) is 1. The Morgan fingerprint density at radius 2 is 2.29 bits per heavy atom. The monoisotopic (exact) mass is 191 g/mol. The van der Waals surface area contributed by atoms with Crippen molar-refractivity contribution < 1.29 is 9.36 Å². The third-order valence-electron chi connectivity index (χ3n) is 2.74. The SMILES string of the molecule is CC(=O)N1CCc2cc[n+](C)cc2C1. The molecule has 0 bridgehead atoms. The van der Waals surface area contributed by atoms with E-state index in [1.54, 1.807) is 6.92 Å². The summed E-state index contributed by atoms with van der Waals surface area (Å²) in [4.78, 5) is 13.1. The van der Waals surface area contributed by atoms with E-state index in [1.807, 2.05) is 16.5 Å². The number of pyridine rings is 1. The lowest BCUT2D eigenvalue weighted by Gasteiger charge is -2.26. The summed E-state index contributed by atoms with van der Waals surface area (Å²) in [6.07, 6.45) is 5.14. The van der Waals surface area contributed by atoms with Gasteiger partial charge in [0.2, 0.25) is 5.91 Å². The van der Waals surface area contributed by atoms with Crippen LogP contribution in [-0.2, 0) is 24.8 Å². The van der Waals surface area contributed by atoms with Gasteiger partial charge in [0, 0.05) is 25.1 Å². The van der Waals surface area contributed by atoms with Crippen molar-refractivity contribution >= 4 is 5.91 Å². The first-order chi connectivity index (χ1) is 6.66. The molecule has 0 saturated heterocycles. The molecular formula is C11H15N2O+. The number of nitrogens with zero attached hydrogens (tertiary/aromatic N) is 2. The molecule has 2 rings (SSSR count). The molecule has 1 amide bonds. The third-order valence-corrected chi connectivity index (χ3v) is 2.74. The summed E-state index contributed by atoms with van der Waals surface area (Å²) in [7, 11) is 2.01. The second-order valence-electron chi connectivity index (χ2n) is 3.85. The summed E-state index contributed by atoms with van der Waals surface area (Å²) in [5, 5.41) is 0. The number of hydrogen-bond donors (Lipinski definition) is 0. The highest BCUT2D eigenvalue weighted by molar-refractivity contribution is 5.73. The minimum Gasteiger partial charge on any atom is -0.338 e. The fourth-order valence-corrected chi connectivity index (χ4v) is 1.88. The minimum absolute atomic E-state index is 0.169. The van der Waals surface area contributed by atoms with E-state index >= 15 is 0 Å². The number of aromatic nitrogens is 1. The maximum Gasteiger partial charge on any atom is 0.219 e. The summed E-state index contributed by atoms with van der Waals surface area (Å²) in [6, 6.07) is 2.15. The Morgan fingerprint density at radius 1 is 1.50 bits per heavy atom. The molecular weight excluding hydrogens is 176 g/mol. The molecule has 1 aromatic heterocycles. The van der Waals surface area contributed by atoms with Gasteiger partial charge in [-0.25, -0.2) is 4.57 Å². The van der Waals surface area contributed by atoms with Crippen LogP contribution in [0.4, 0.5) is 0 Å². The fraction of sp³-hybridized carbons (Fsp3) is 0.455. The molecule has 0 atom stereocenters. The van der Waals surface area contributed by atoms with Gasteiger partial charge >= 0.3 is 0 Å². The number of fused-ring (bicyclic) bond motifs is 1. The van der Waals surface area contributed by atoms with Crippen molar-refractivity contribution in [2.45, 2.75) is 19.9 Å². The predicted molar refractivity (Wildman–Crippen MR) is 52.4 cm³/mol. The molecule has 3 nitrogen and oxygen atoms in total. The van der Waals surface area contributed by atoms with Gasteiger partial charge in [0.15, 0.2) is 12.4 Å². The van der Waals surface area contributed by atoms with Gasteiger partial charge in [-0.15, -0.1) is 0 Å². The van der Waals surface area contributed by atoms with E-state index in [1.165, 1.54) is 11.1 Å². The van der Waals surface area contributed by atoms with Crippen molar-refractivity contribution in [2.75, 3.05) is 6.54 Å². The lowest BCUT2D eigenvalue weighted by atomic mass is 10.0. The van der Waals surface area contributed by atoms with Crippen LogP contribution in [-0.4, -0.2) is 17.4 Å². The smallest absolute Gasteiger partial charge is 0.219 e. The predicted octanol–water partition coefficient (Wildman–Crippen LogP) is 0.416. The van der Waals surface area contributed by atoms with Crippen LogP contribution in [0.1, 0.15) is 18.1 Å². The average Bonchev–Trinajstić information content (AvgIpc) is 2.16. The molecule has 1 aliphatic rings. The number of carbonyl (C=O) groups is 1. The quantitative estimate of drug-likeness (QED) is 0.545. The van der Waals surface area contributed by atoms with E-state index in [2.05, 4.69) is 18.5 Å². The van der Waals surface area contributed by atoms with Crippen LogP contribution in [0.3, 0.4) is 0 Å². The number of amides is 1. The first kappa shape index (κ1) is 9.19. The molecule has 0 aromatic carbocycles. The zero-order valence-corrected chi connectivity index (χ0v) is 8.66. The van der Waals surface area contributed by atoms with Crippen LogP contribution in [0.2, 0.25) is 0 Å². The van der Waals surface area contributed by atoms with Crippen LogP contribution >= 0.6 is 0 Å². The minimum atomic E-state index is 0.169. The second kappa shape index (κ2) is 3.40. The van der Waals surface area contributed by atoms with E-state index < -0.39 is 0 Å². The van der Waals surface area contributed by atoms with Crippen molar-refractivity contribution in [3.63, 3.8) is 0 Å². The topological polar surface area (TPSA) is 24.2 Å². The average molecular weight is 191 g/mol. The van der Waals surface area contributed by atoms with E-state index in [4.69, 9.17) is 0 Å². The third kappa shape index (κ3) is 1.62. The van der Waals surface area contributed by atoms with E-state index in [9.17, 15) is 4.79 Å². The van der Waals surface area contributed by atoms with Gasteiger partial charge in [0.05, 0.1) is 6.54 Å². The summed E-state index contributed by atoms with van der Waals surface area (Å²) in [5.74, 6) is 0.169. The Bertz CT molecular complexity index is 374. The second-order valence-corrected chi connectivity index (χ2v) is 3.85. The largest absolute Gasteiger partial charge is 0.338 e. The van der Waals surface area contributed by atoms with Crippen LogP contribution in [0.5, 0.6) is 0 Å². The Labute approximate surface area is 84.0 Å². The molecule has 0 spiro atoms. The first-order valence-electron chi connectivity index (χ1n) is 4.89. The molecule has 14 heavy (non-hydrogen) atoms. The molecule has 0 saturated carbocycles. The molecule has 74 valence electrons. The lowest BCUT2D eigenvalue weighted by molar-refractivity contribution is -0.672. The molecule has 3 heteroatoms. The highest BCUT2D eigenvalue weighted by Crippen LogP contribution is 2.16. The van der Waals surface area contributed by atoms with E-state index in [-0.39, 0.29) is 5.91 Å². The van der Waals surface area contributed by atoms with Gasteiger partial charge in [0.1, 0.15) is 7.05 Å². The number of rotatable bonds is 0. The molecule has 0 aliphatic carbocycles. The molecule has 2 heterocycles. The zero-order chi connectivity index (χ0) is 10.1. The molecule has 0 fully saturated rings. The zero-order valence-electron chi connectivity index (χ0n) is 8.66. The van der Waals surface area contributed by atoms with Gasteiger partial charge in [-0.1, -0.05) is 0 Å². The molecule has 0 unspecified atom stereocenters. The van der Waals surface area contributed by atoms with Crippen molar-refractivity contribution in [1.82, 2.24) is 4.90 Å². The van der Waals surface area contributed by atoms with Gasteiger partial charge < -0.3 is 4.90 Å². The Morgan fingerprint density at radius 3 is 3.00 bits per heavy atom. The maximum absolute atomic E-state index is 11.2. The first-order valence-corrected chi connectivity index (χ1v) is 4.89. The summed E-state index contributed by atoms with van der Waals surface area (Å²) in [5.41, 5.74) is 2.65. The Balaban J connectivity index is 2.29. The maximum atomic E-state index is 11.2. The van der Waals surface area contributed by atoms with E-state index in [0.717, 1.165) is 19.5 Å². The van der Waals surface area contributed by atoms with Gasteiger partial charge in [-0.2, -0.15) is 0 Å². The molecule has 0 radical (unpaired) electrons. The molecule has 1 aliphatic heterocycles. The summed E-state index contributed by atoms with van der Waals surface area (Å²) >= 11 is 0.